The maximum Gasteiger partial charge on any atom is 0.264 e. The lowest BCUT2D eigenvalue weighted by Gasteiger charge is -2.20. The summed E-state index contributed by atoms with van der Waals surface area (Å²) < 4.78 is 72.1. The third-order valence-corrected chi connectivity index (χ3v) is 5.48. The largest absolute Gasteiger partial charge is 0.494 e. The molecule has 3 rings (SSSR count). The highest BCUT2D eigenvalue weighted by Crippen LogP contribution is 2.34. The SMILES string of the molecule is COc1cc(NS(=O)(=O)c2ccc(F)c(F)c2F)ccc1N1CCCC1=O. The normalized spacial score (nSPS) is 14.5. The zero-order chi connectivity index (χ0) is 19.8. The minimum atomic E-state index is -4.52. The molecule has 1 N–H and O–H groups in total. The molecule has 10 heteroatoms. The van der Waals surface area contributed by atoms with Crippen molar-refractivity contribution in [2.24, 2.45) is 0 Å². The average Bonchev–Trinajstić information content (AvgIpc) is 3.04. The highest BCUT2D eigenvalue weighted by Gasteiger charge is 2.27. The molecule has 1 amide bonds. The number of methoxy groups -OCH3 is 1. The van der Waals surface area contributed by atoms with Crippen molar-refractivity contribution in [2.45, 2.75) is 17.7 Å². The highest BCUT2D eigenvalue weighted by atomic mass is 32.2. The number of amides is 1. The van der Waals surface area contributed by atoms with Crippen molar-refractivity contribution in [3.8, 4) is 5.75 Å². The van der Waals surface area contributed by atoms with Crippen molar-refractivity contribution in [3.05, 3.63) is 47.8 Å². The molecule has 0 aromatic heterocycles. The molecule has 0 spiro atoms. The number of rotatable bonds is 5. The molecular weight excluding hydrogens is 385 g/mol. The molecule has 6 nitrogen and oxygen atoms in total. The lowest BCUT2D eigenvalue weighted by atomic mass is 10.2. The van der Waals surface area contributed by atoms with Crippen LogP contribution in [0.3, 0.4) is 0 Å². The van der Waals surface area contributed by atoms with E-state index in [2.05, 4.69) is 4.72 Å². The van der Waals surface area contributed by atoms with Crippen LogP contribution in [-0.4, -0.2) is 28.0 Å². The van der Waals surface area contributed by atoms with Crippen molar-refractivity contribution < 1.29 is 31.1 Å². The number of anilines is 2. The molecule has 0 radical (unpaired) electrons. The molecule has 1 saturated heterocycles. The van der Waals surface area contributed by atoms with Crippen molar-refractivity contribution >= 4 is 27.3 Å². The number of halogens is 3. The fourth-order valence-electron chi connectivity index (χ4n) is 2.79. The van der Waals surface area contributed by atoms with E-state index in [1.165, 1.54) is 30.2 Å². The summed E-state index contributed by atoms with van der Waals surface area (Å²) in [5, 5.41) is 0. The Hall–Kier alpha value is -2.75. The smallest absolute Gasteiger partial charge is 0.264 e. The molecule has 0 unspecified atom stereocenters. The van der Waals surface area contributed by atoms with E-state index < -0.39 is 32.4 Å². The fraction of sp³-hybridized carbons (Fsp3) is 0.235. The van der Waals surface area contributed by atoms with Crippen LogP contribution in [0, 0.1) is 17.5 Å². The van der Waals surface area contributed by atoms with Gasteiger partial charge in [-0.05, 0) is 30.7 Å². The molecule has 1 heterocycles. The number of hydrogen-bond donors (Lipinski definition) is 1. The lowest BCUT2D eigenvalue weighted by Crippen LogP contribution is -2.24. The van der Waals surface area contributed by atoms with Gasteiger partial charge in [0.15, 0.2) is 17.5 Å². The molecule has 2 aromatic carbocycles. The van der Waals surface area contributed by atoms with Gasteiger partial charge in [-0.25, -0.2) is 21.6 Å². The Kier molecular flexibility index (Phi) is 5.01. The predicted molar refractivity (Wildman–Crippen MR) is 91.7 cm³/mol. The zero-order valence-corrected chi connectivity index (χ0v) is 14.9. The molecule has 0 saturated carbocycles. The van der Waals surface area contributed by atoms with Crippen molar-refractivity contribution in [3.63, 3.8) is 0 Å². The maximum atomic E-state index is 13.8. The Morgan fingerprint density at radius 2 is 1.85 bits per heavy atom. The van der Waals surface area contributed by atoms with E-state index in [4.69, 9.17) is 4.74 Å². The second-order valence-electron chi connectivity index (χ2n) is 5.81. The number of hydrogen-bond acceptors (Lipinski definition) is 4. The van der Waals surface area contributed by atoms with Crippen LogP contribution in [0.1, 0.15) is 12.8 Å². The van der Waals surface area contributed by atoms with Crippen LogP contribution >= 0.6 is 0 Å². The number of ether oxygens (including phenoxy) is 1. The molecule has 0 atom stereocenters. The summed E-state index contributed by atoms with van der Waals surface area (Å²) in [4.78, 5) is 12.4. The fourth-order valence-corrected chi connectivity index (χ4v) is 3.91. The van der Waals surface area contributed by atoms with Gasteiger partial charge in [-0.1, -0.05) is 0 Å². The van der Waals surface area contributed by atoms with Crippen molar-refractivity contribution in [1.29, 1.82) is 0 Å². The van der Waals surface area contributed by atoms with E-state index in [0.717, 1.165) is 0 Å². The number of nitrogens with one attached hydrogen (secondary N) is 1. The topological polar surface area (TPSA) is 75.7 Å². The maximum absolute atomic E-state index is 13.8. The van der Waals surface area contributed by atoms with E-state index in [0.29, 0.717) is 37.2 Å². The Bertz CT molecular complexity index is 1010. The second-order valence-corrected chi connectivity index (χ2v) is 7.47. The van der Waals surface area contributed by atoms with Gasteiger partial charge in [-0.15, -0.1) is 0 Å². The molecule has 144 valence electrons. The Morgan fingerprint density at radius 3 is 2.48 bits per heavy atom. The van der Waals surface area contributed by atoms with Crippen molar-refractivity contribution in [1.82, 2.24) is 0 Å². The van der Waals surface area contributed by atoms with Gasteiger partial charge < -0.3 is 9.64 Å². The summed E-state index contributed by atoms with van der Waals surface area (Å²) in [6.07, 6.45) is 1.11. The summed E-state index contributed by atoms with van der Waals surface area (Å²) in [6, 6.07) is 5.32. The quantitative estimate of drug-likeness (QED) is 0.783. The van der Waals surface area contributed by atoms with Gasteiger partial charge in [0.2, 0.25) is 5.91 Å². The number of nitrogens with zero attached hydrogens (tertiary/aromatic N) is 1. The van der Waals surface area contributed by atoms with Gasteiger partial charge in [-0.3, -0.25) is 9.52 Å². The van der Waals surface area contributed by atoms with Crippen LogP contribution in [0.2, 0.25) is 0 Å². The summed E-state index contributed by atoms with van der Waals surface area (Å²) in [7, 11) is -3.16. The molecular formula is C17H15F3N2O4S. The highest BCUT2D eigenvalue weighted by molar-refractivity contribution is 7.92. The standard InChI is InChI=1S/C17H15F3N2O4S/c1-26-13-9-10(4-6-12(13)22-8-2-3-15(22)23)21-27(24,25)14-7-5-11(18)16(19)17(14)20/h4-7,9,21H,2-3,8H2,1H3. The Morgan fingerprint density at radius 1 is 1.11 bits per heavy atom. The third-order valence-electron chi connectivity index (χ3n) is 4.09. The van der Waals surface area contributed by atoms with E-state index in [9.17, 15) is 26.4 Å². The van der Waals surface area contributed by atoms with Crippen LogP contribution in [-0.2, 0) is 14.8 Å². The number of benzene rings is 2. The lowest BCUT2D eigenvalue weighted by molar-refractivity contribution is -0.117. The molecule has 1 aliphatic heterocycles. The van der Waals surface area contributed by atoms with Gasteiger partial charge in [0.25, 0.3) is 10.0 Å². The Balaban J connectivity index is 1.93. The number of sulfonamides is 1. The van der Waals surface area contributed by atoms with Crippen LogP contribution < -0.4 is 14.4 Å². The minimum Gasteiger partial charge on any atom is -0.494 e. The monoisotopic (exact) mass is 400 g/mol. The predicted octanol–water partition coefficient (Wildman–Crippen LogP) is 3.04. The number of carbonyl (C=O) groups excluding carboxylic acids is 1. The first-order chi connectivity index (χ1) is 12.7. The summed E-state index contributed by atoms with van der Waals surface area (Å²) >= 11 is 0. The van der Waals surface area contributed by atoms with Crippen LogP contribution in [0.5, 0.6) is 5.75 Å². The van der Waals surface area contributed by atoms with E-state index in [-0.39, 0.29) is 17.3 Å². The summed E-state index contributed by atoms with van der Waals surface area (Å²) in [5.74, 6) is -5.03. The van der Waals surface area contributed by atoms with Gasteiger partial charge in [0.05, 0.1) is 18.5 Å². The van der Waals surface area contributed by atoms with Crippen molar-refractivity contribution in [2.75, 3.05) is 23.3 Å². The Labute approximate surface area is 153 Å². The zero-order valence-electron chi connectivity index (χ0n) is 14.1. The van der Waals surface area contributed by atoms with Crippen LogP contribution in [0.4, 0.5) is 24.5 Å². The van der Waals surface area contributed by atoms with E-state index in [1.54, 1.807) is 0 Å². The second kappa shape index (κ2) is 7.10. The van der Waals surface area contributed by atoms with E-state index >= 15 is 0 Å². The average molecular weight is 400 g/mol. The first-order valence-corrected chi connectivity index (χ1v) is 9.37. The number of carbonyl (C=O) groups is 1. The van der Waals surface area contributed by atoms with Crippen LogP contribution in [0.25, 0.3) is 0 Å². The van der Waals surface area contributed by atoms with Gasteiger partial charge in [0, 0.05) is 19.0 Å². The molecule has 0 bridgehead atoms. The third kappa shape index (κ3) is 3.57. The van der Waals surface area contributed by atoms with Crippen LogP contribution in [0.15, 0.2) is 35.2 Å². The minimum absolute atomic E-state index is 0.00591. The van der Waals surface area contributed by atoms with Gasteiger partial charge >= 0.3 is 0 Å². The first kappa shape index (κ1) is 19.0. The molecule has 1 aliphatic rings. The molecule has 27 heavy (non-hydrogen) atoms. The van der Waals surface area contributed by atoms with Gasteiger partial charge in [0.1, 0.15) is 10.6 Å². The molecule has 2 aromatic rings. The van der Waals surface area contributed by atoms with E-state index in [1.807, 2.05) is 0 Å². The summed E-state index contributed by atoms with van der Waals surface area (Å²) in [6.45, 7) is 0.514. The first-order valence-electron chi connectivity index (χ1n) is 7.89. The van der Waals surface area contributed by atoms with Gasteiger partial charge in [-0.2, -0.15) is 0 Å². The molecule has 0 aliphatic carbocycles. The summed E-state index contributed by atoms with van der Waals surface area (Å²) in [5.41, 5.74) is 0.480. The molecule has 1 fully saturated rings.